The van der Waals surface area contributed by atoms with Crippen molar-refractivity contribution in [1.29, 1.82) is 0 Å². The third kappa shape index (κ3) is 1.93. The molecule has 94 valence electrons. The smallest absolute Gasteiger partial charge is 0.335 e. The highest BCUT2D eigenvalue weighted by molar-refractivity contribution is 5.91. The van der Waals surface area contributed by atoms with Gasteiger partial charge in [-0.15, -0.1) is 0 Å². The molecule has 0 atom stereocenters. The SMILES string of the molecule is COc1cc(C(=O)O)cc(-c2cc(N)on2)c1O. The van der Waals surface area contributed by atoms with Gasteiger partial charge >= 0.3 is 5.97 Å². The molecule has 0 unspecified atom stereocenters. The minimum absolute atomic E-state index is 0.0338. The minimum atomic E-state index is -1.15. The predicted molar refractivity (Wildman–Crippen MR) is 61.5 cm³/mol. The van der Waals surface area contributed by atoms with Gasteiger partial charge in [0.05, 0.1) is 18.2 Å². The van der Waals surface area contributed by atoms with E-state index in [0.717, 1.165) is 0 Å². The monoisotopic (exact) mass is 250 g/mol. The zero-order valence-electron chi connectivity index (χ0n) is 9.38. The van der Waals surface area contributed by atoms with Gasteiger partial charge in [-0.3, -0.25) is 0 Å². The van der Waals surface area contributed by atoms with Crippen LogP contribution in [-0.4, -0.2) is 28.4 Å². The molecule has 0 aliphatic carbocycles. The summed E-state index contributed by atoms with van der Waals surface area (Å²) in [6, 6.07) is 3.85. The fourth-order valence-corrected chi connectivity index (χ4v) is 1.50. The number of nitrogen functional groups attached to an aromatic ring is 1. The molecule has 4 N–H and O–H groups in total. The van der Waals surface area contributed by atoms with Crippen molar-refractivity contribution in [3.05, 3.63) is 23.8 Å². The summed E-state index contributed by atoms with van der Waals surface area (Å²) >= 11 is 0. The molecule has 0 amide bonds. The lowest BCUT2D eigenvalue weighted by Gasteiger charge is -2.08. The van der Waals surface area contributed by atoms with Gasteiger partial charge in [-0.05, 0) is 12.1 Å². The van der Waals surface area contributed by atoms with Gasteiger partial charge in [0.2, 0.25) is 5.88 Å². The van der Waals surface area contributed by atoms with Crippen LogP contribution in [0.3, 0.4) is 0 Å². The number of aromatic hydroxyl groups is 1. The second kappa shape index (κ2) is 4.28. The molecule has 0 radical (unpaired) electrons. The van der Waals surface area contributed by atoms with Crippen LogP contribution in [0.25, 0.3) is 11.3 Å². The van der Waals surface area contributed by atoms with Crippen LogP contribution in [0.5, 0.6) is 11.5 Å². The third-order valence-corrected chi connectivity index (χ3v) is 2.35. The number of hydrogen-bond acceptors (Lipinski definition) is 6. The molecular weight excluding hydrogens is 240 g/mol. The molecule has 1 heterocycles. The van der Waals surface area contributed by atoms with Crippen LogP contribution >= 0.6 is 0 Å². The van der Waals surface area contributed by atoms with E-state index in [-0.39, 0.29) is 34.2 Å². The van der Waals surface area contributed by atoms with Crippen LogP contribution in [0, 0.1) is 0 Å². The number of aromatic carboxylic acids is 1. The lowest BCUT2D eigenvalue weighted by atomic mass is 10.1. The molecule has 0 aliphatic heterocycles. The summed E-state index contributed by atoms with van der Waals surface area (Å²) in [5, 5.41) is 22.5. The molecule has 0 bridgehead atoms. The van der Waals surface area contributed by atoms with Gasteiger partial charge < -0.3 is 25.2 Å². The molecule has 18 heavy (non-hydrogen) atoms. The summed E-state index contributed by atoms with van der Waals surface area (Å²) in [4.78, 5) is 11.0. The van der Waals surface area contributed by atoms with Crippen LogP contribution in [0.2, 0.25) is 0 Å². The van der Waals surface area contributed by atoms with Crippen molar-refractivity contribution >= 4 is 11.9 Å². The Labute approximate surface area is 101 Å². The number of methoxy groups -OCH3 is 1. The number of aromatic nitrogens is 1. The molecule has 1 aromatic carbocycles. The number of benzene rings is 1. The van der Waals surface area contributed by atoms with Crippen molar-refractivity contribution in [2.24, 2.45) is 0 Å². The Hall–Kier alpha value is -2.70. The quantitative estimate of drug-likeness (QED) is 0.751. The Morgan fingerprint density at radius 2 is 2.17 bits per heavy atom. The van der Waals surface area contributed by atoms with Crippen LogP contribution in [0.15, 0.2) is 22.7 Å². The van der Waals surface area contributed by atoms with E-state index in [9.17, 15) is 9.90 Å². The number of rotatable bonds is 3. The fourth-order valence-electron chi connectivity index (χ4n) is 1.50. The van der Waals surface area contributed by atoms with E-state index < -0.39 is 5.97 Å². The number of carboxylic acid groups (broad SMARTS) is 1. The number of carboxylic acids is 1. The van der Waals surface area contributed by atoms with Crippen LogP contribution in [0.4, 0.5) is 5.88 Å². The second-order valence-corrected chi connectivity index (χ2v) is 3.49. The van der Waals surface area contributed by atoms with E-state index in [1.807, 2.05) is 0 Å². The lowest BCUT2D eigenvalue weighted by molar-refractivity contribution is 0.0696. The number of nitrogens with two attached hydrogens (primary N) is 1. The summed E-state index contributed by atoms with van der Waals surface area (Å²) in [6.07, 6.45) is 0. The molecule has 7 heteroatoms. The Bertz CT molecular complexity index is 605. The van der Waals surface area contributed by atoms with E-state index in [1.165, 1.54) is 25.3 Å². The highest BCUT2D eigenvalue weighted by atomic mass is 16.5. The van der Waals surface area contributed by atoms with Gasteiger partial charge in [-0.2, -0.15) is 0 Å². The summed E-state index contributed by atoms with van der Waals surface area (Å²) in [5.41, 5.74) is 5.74. The van der Waals surface area contributed by atoms with Crippen LogP contribution in [0.1, 0.15) is 10.4 Å². The number of anilines is 1. The maximum atomic E-state index is 11.0. The van der Waals surface area contributed by atoms with Gasteiger partial charge in [0, 0.05) is 6.07 Å². The Kier molecular flexibility index (Phi) is 2.80. The van der Waals surface area contributed by atoms with E-state index in [2.05, 4.69) is 9.68 Å². The largest absolute Gasteiger partial charge is 0.504 e. The first-order valence-corrected chi connectivity index (χ1v) is 4.89. The first-order chi connectivity index (χ1) is 8.52. The molecule has 0 saturated heterocycles. The summed E-state index contributed by atoms with van der Waals surface area (Å²) in [7, 11) is 1.32. The first kappa shape index (κ1) is 11.8. The van der Waals surface area contributed by atoms with Crippen molar-refractivity contribution in [1.82, 2.24) is 5.16 Å². The number of carbonyl (C=O) groups is 1. The summed E-state index contributed by atoms with van der Waals surface area (Å²) < 4.78 is 9.58. The van der Waals surface area contributed by atoms with E-state index in [1.54, 1.807) is 0 Å². The minimum Gasteiger partial charge on any atom is -0.504 e. The zero-order chi connectivity index (χ0) is 13.3. The van der Waals surface area contributed by atoms with Gasteiger partial charge in [-0.1, -0.05) is 5.16 Å². The number of ether oxygens (including phenoxy) is 1. The first-order valence-electron chi connectivity index (χ1n) is 4.89. The van der Waals surface area contributed by atoms with Crippen molar-refractivity contribution in [3.63, 3.8) is 0 Å². The van der Waals surface area contributed by atoms with Crippen molar-refractivity contribution < 1.29 is 24.3 Å². The maximum Gasteiger partial charge on any atom is 0.335 e. The van der Waals surface area contributed by atoms with Crippen molar-refractivity contribution in [3.8, 4) is 22.8 Å². The molecule has 1 aromatic heterocycles. The van der Waals surface area contributed by atoms with E-state index in [4.69, 9.17) is 15.6 Å². The second-order valence-electron chi connectivity index (χ2n) is 3.49. The zero-order valence-corrected chi connectivity index (χ0v) is 9.38. The highest BCUT2D eigenvalue weighted by Gasteiger charge is 2.18. The molecule has 0 aliphatic rings. The molecule has 7 nitrogen and oxygen atoms in total. The number of hydrogen-bond donors (Lipinski definition) is 3. The van der Waals surface area contributed by atoms with Gasteiger partial charge in [0.15, 0.2) is 11.5 Å². The Morgan fingerprint density at radius 1 is 1.44 bits per heavy atom. The predicted octanol–water partition coefficient (Wildman–Crippen LogP) is 1.34. The number of phenolic OH excluding ortho intramolecular Hbond substituents is 1. The van der Waals surface area contributed by atoms with Crippen molar-refractivity contribution in [2.75, 3.05) is 12.8 Å². The molecule has 0 spiro atoms. The standard InChI is InChI=1S/C11H10N2O5/c1-17-8-3-5(11(15)16)2-6(10(8)14)7-4-9(12)18-13-7/h2-4,14H,12H2,1H3,(H,15,16). The molecule has 0 fully saturated rings. The van der Waals surface area contributed by atoms with Gasteiger partial charge in [0.25, 0.3) is 0 Å². The number of phenols is 1. The molecule has 2 aromatic rings. The highest BCUT2D eigenvalue weighted by Crippen LogP contribution is 2.38. The topological polar surface area (TPSA) is 119 Å². The fraction of sp³-hybridized carbons (Fsp3) is 0.0909. The van der Waals surface area contributed by atoms with Crippen molar-refractivity contribution in [2.45, 2.75) is 0 Å². The Balaban J connectivity index is 2.65. The average Bonchev–Trinajstić information content (AvgIpc) is 2.75. The normalized spacial score (nSPS) is 10.3. The van der Waals surface area contributed by atoms with Gasteiger partial charge in [-0.25, -0.2) is 4.79 Å². The maximum absolute atomic E-state index is 11.0. The van der Waals surface area contributed by atoms with E-state index in [0.29, 0.717) is 0 Å². The third-order valence-electron chi connectivity index (χ3n) is 2.35. The summed E-state index contributed by atoms with van der Waals surface area (Å²) in [5.74, 6) is -1.28. The van der Waals surface area contributed by atoms with Crippen LogP contribution in [-0.2, 0) is 0 Å². The Morgan fingerprint density at radius 3 is 2.67 bits per heavy atom. The molecule has 2 rings (SSSR count). The van der Waals surface area contributed by atoms with Crippen LogP contribution < -0.4 is 10.5 Å². The molecule has 0 saturated carbocycles. The number of nitrogens with zero attached hydrogens (tertiary/aromatic N) is 1. The van der Waals surface area contributed by atoms with Gasteiger partial charge in [0.1, 0.15) is 5.69 Å². The lowest BCUT2D eigenvalue weighted by Crippen LogP contribution is -1.98. The average molecular weight is 250 g/mol. The molecular formula is C11H10N2O5. The van der Waals surface area contributed by atoms with E-state index >= 15 is 0 Å². The summed E-state index contributed by atoms with van der Waals surface area (Å²) in [6.45, 7) is 0.